The summed E-state index contributed by atoms with van der Waals surface area (Å²) < 4.78 is 11.8. The Balaban J connectivity index is 2.04. The molecule has 0 aliphatic carbocycles. The molecule has 1 amide bonds. The smallest absolute Gasteiger partial charge is 0.263 e. The Hall–Kier alpha value is -2.36. The second-order valence-electron chi connectivity index (χ2n) is 6.27. The van der Waals surface area contributed by atoms with Crippen LogP contribution >= 0.6 is 15.9 Å². The van der Waals surface area contributed by atoms with Crippen LogP contribution in [0.15, 0.2) is 16.6 Å². The Labute approximate surface area is 154 Å². The number of rotatable bonds is 7. The van der Waals surface area contributed by atoms with Crippen LogP contribution in [-0.2, 0) is 11.3 Å². The van der Waals surface area contributed by atoms with E-state index in [1.807, 2.05) is 26.8 Å². The number of H-pyrrole nitrogens is 1. The van der Waals surface area contributed by atoms with E-state index in [2.05, 4.69) is 47.2 Å². The van der Waals surface area contributed by atoms with Gasteiger partial charge in [-0.1, -0.05) is 21.0 Å². The Morgan fingerprint density at radius 3 is 2.68 bits per heavy atom. The van der Waals surface area contributed by atoms with Crippen LogP contribution in [0, 0.1) is 0 Å². The zero-order chi connectivity index (χ0) is 18.4. The SMILES string of the molecule is COc1cc(CNc2nn[nH]n2)c(Br)cc1OCC(=O)NC(C)(C)C. The maximum Gasteiger partial charge on any atom is 0.263 e. The first-order valence-electron chi connectivity index (χ1n) is 7.56. The maximum absolute atomic E-state index is 11.9. The van der Waals surface area contributed by atoms with E-state index >= 15 is 0 Å². The first-order chi connectivity index (χ1) is 11.8. The van der Waals surface area contributed by atoms with E-state index in [1.165, 1.54) is 0 Å². The number of tetrazole rings is 1. The molecule has 3 N–H and O–H groups in total. The molecular weight excluding hydrogens is 392 g/mol. The summed E-state index contributed by atoms with van der Waals surface area (Å²) in [7, 11) is 1.54. The number of anilines is 1. The zero-order valence-electron chi connectivity index (χ0n) is 14.5. The normalized spacial score (nSPS) is 11.1. The van der Waals surface area contributed by atoms with Crippen molar-refractivity contribution >= 4 is 27.8 Å². The van der Waals surface area contributed by atoms with Gasteiger partial charge >= 0.3 is 0 Å². The highest BCUT2D eigenvalue weighted by Crippen LogP contribution is 2.33. The first kappa shape index (κ1) is 19.0. The molecular formula is C15H21BrN6O3. The summed E-state index contributed by atoms with van der Waals surface area (Å²) in [5, 5.41) is 19.4. The molecule has 0 spiro atoms. The molecule has 0 unspecified atom stereocenters. The van der Waals surface area contributed by atoms with Crippen LogP contribution in [0.4, 0.5) is 5.95 Å². The number of nitrogens with zero attached hydrogens (tertiary/aromatic N) is 3. The number of hydrogen-bond acceptors (Lipinski definition) is 7. The van der Waals surface area contributed by atoms with Gasteiger partial charge in [-0.3, -0.25) is 4.79 Å². The predicted molar refractivity (Wildman–Crippen MR) is 95.6 cm³/mol. The van der Waals surface area contributed by atoms with Gasteiger partial charge in [-0.2, -0.15) is 5.21 Å². The molecule has 0 atom stereocenters. The summed E-state index contributed by atoms with van der Waals surface area (Å²) in [5.41, 5.74) is 0.601. The molecule has 1 heterocycles. The lowest BCUT2D eigenvalue weighted by Gasteiger charge is -2.21. The van der Waals surface area contributed by atoms with Gasteiger partial charge in [-0.05, 0) is 43.7 Å². The van der Waals surface area contributed by atoms with Crippen molar-refractivity contribution in [2.45, 2.75) is 32.9 Å². The minimum Gasteiger partial charge on any atom is -0.493 e. The number of aromatic nitrogens is 4. The molecule has 136 valence electrons. The summed E-state index contributed by atoms with van der Waals surface area (Å²) in [6.07, 6.45) is 0. The van der Waals surface area contributed by atoms with Crippen LogP contribution < -0.4 is 20.1 Å². The number of ether oxygens (including phenoxy) is 2. The molecule has 0 saturated heterocycles. The van der Waals surface area contributed by atoms with E-state index < -0.39 is 0 Å². The van der Waals surface area contributed by atoms with E-state index in [0.717, 1.165) is 10.0 Å². The van der Waals surface area contributed by atoms with Gasteiger partial charge in [0, 0.05) is 16.6 Å². The minimum absolute atomic E-state index is 0.0967. The van der Waals surface area contributed by atoms with Gasteiger partial charge in [0.05, 0.1) is 7.11 Å². The molecule has 2 aromatic rings. The third-order valence-electron chi connectivity index (χ3n) is 2.99. The van der Waals surface area contributed by atoms with E-state index in [9.17, 15) is 4.79 Å². The van der Waals surface area contributed by atoms with Crippen molar-refractivity contribution in [1.29, 1.82) is 0 Å². The molecule has 0 aliphatic rings. The van der Waals surface area contributed by atoms with Crippen LogP contribution in [0.25, 0.3) is 0 Å². The largest absolute Gasteiger partial charge is 0.493 e. The lowest BCUT2D eigenvalue weighted by molar-refractivity contribution is -0.124. The minimum atomic E-state index is -0.310. The third kappa shape index (κ3) is 5.89. The van der Waals surface area contributed by atoms with Crippen molar-refractivity contribution in [3.8, 4) is 11.5 Å². The third-order valence-corrected chi connectivity index (χ3v) is 3.73. The Morgan fingerprint density at radius 2 is 2.08 bits per heavy atom. The summed E-state index contributed by atoms with van der Waals surface area (Å²) in [6.45, 7) is 6.09. The maximum atomic E-state index is 11.9. The van der Waals surface area contributed by atoms with Crippen LogP contribution in [0.5, 0.6) is 11.5 Å². The van der Waals surface area contributed by atoms with Gasteiger partial charge in [0.15, 0.2) is 18.1 Å². The molecule has 1 aromatic heterocycles. The van der Waals surface area contributed by atoms with E-state index in [4.69, 9.17) is 9.47 Å². The lowest BCUT2D eigenvalue weighted by atomic mass is 10.1. The highest BCUT2D eigenvalue weighted by atomic mass is 79.9. The number of benzene rings is 1. The van der Waals surface area contributed by atoms with Gasteiger partial charge in [-0.15, -0.1) is 5.10 Å². The molecule has 0 saturated carbocycles. The highest BCUT2D eigenvalue weighted by molar-refractivity contribution is 9.10. The second kappa shape index (κ2) is 8.15. The van der Waals surface area contributed by atoms with Crippen molar-refractivity contribution in [2.75, 3.05) is 19.0 Å². The number of halogens is 1. The number of amides is 1. The molecule has 0 aliphatic heterocycles. The Bertz CT molecular complexity index is 715. The quantitative estimate of drug-likeness (QED) is 0.635. The van der Waals surface area contributed by atoms with Gasteiger partial charge in [-0.25, -0.2) is 0 Å². The van der Waals surface area contributed by atoms with E-state index in [0.29, 0.717) is 24.0 Å². The van der Waals surface area contributed by atoms with Crippen LogP contribution in [-0.4, -0.2) is 45.8 Å². The Kier molecular flexibility index (Phi) is 6.18. The summed E-state index contributed by atoms with van der Waals surface area (Å²) in [5.74, 6) is 1.19. The fraction of sp³-hybridized carbons (Fsp3) is 0.467. The van der Waals surface area contributed by atoms with Crippen molar-refractivity contribution in [3.05, 3.63) is 22.2 Å². The molecule has 0 radical (unpaired) electrons. The molecule has 9 nitrogen and oxygen atoms in total. The lowest BCUT2D eigenvalue weighted by Crippen LogP contribution is -2.43. The second-order valence-corrected chi connectivity index (χ2v) is 7.12. The van der Waals surface area contributed by atoms with E-state index in [-0.39, 0.29) is 18.1 Å². The van der Waals surface area contributed by atoms with Crippen LogP contribution in [0.3, 0.4) is 0 Å². The fourth-order valence-electron chi connectivity index (χ4n) is 1.99. The van der Waals surface area contributed by atoms with Crippen molar-refractivity contribution in [1.82, 2.24) is 25.9 Å². The zero-order valence-corrected chi connectivity index (χ0v) is 16.1. The van der Waals surface area contributed by atoms with Crippen molar-refractivity contribution < 1.29 is 14.3 Å². The number of nitrogens with one attached hydrogen (secondary N) is 3. The topological polar surface area (TPSA) is 114 Å². The summed E-state index contributed by atoms with van der Waals surface area (Å²) in [6, 6.07) is 3.57. The van der Waals surface area contributed by atoms with Crippen LogP contribution in [0.2, 0.25) is 0 Å². The molecule has 2 rings (SSSR count). The molecule has 0 bridgehead atoms. The monoisotopic (exact) mass is 412 g/mol. The highest BCUT2D eigenvalue weighted by Gasteiger charge is 2.16. The van der Waals surface area contributed by atoms with Crippen molar-refractivity contribution in [3.63, 3.8) is 0 Å². The Morgan fingerprint density at radius 1 is 1.32 bits per heavy atom. The number of methoxy groups -OCH3 is 1. The molecule has 1 aromatic carbocycles. The number of hydrogen-bond donors (Lipinski definition) is 3. The number of carbonyl (C=O) groups excluding carboxylic acids is 1. The molecule has 25 heavy (non-hydrogen) atoms. The van der Waals surface area contributed by atoms with E-state index in [1.54, 1.807) is 13.2 Å². The molecule has 10 heteroatoms. The van der Waals surface area contributed by atoms with Crippen molar-refractivity contribution in [2.24, 2.45) is 0 Å². The van der Waals surface area contributed by atoms with Gasteiger partial charge in [0.25, 0.3) is 11.9 Å². The predicted octanol–water partition coefficient (Wildman–Crippen LogP) is 1.88. The summed E-state index contributed by atoms with van der Waals surface area (Å²) in [4.78, 5) is 11.9. The average Bonchev–Trinajstić information content (AvgIpc) is 3.03. The average molecular weight is 413 g/mol. The first-order valence-corrected chi connectivity index (χ1v) is 8.35. The van der Waals surface area contributed by atoms with Gasteiger partial charge in [0.2, 0.25) is 0 Å². The summed E-state index contributed by atoms with van der Waals surface area (Å²) >= 11 is 3.49. The van der Waals surface area contributed by atoms with Gasteiger partial charge < -0.3 is 20.1 Å². The van der Waals surface area contributed by atoms with Gasteiger partial charge in [0.1, 0.15) is 0 Å². The molecule has 0 fully saturated rings. The fourth-order valence-corrected chi connectivity index (χ4v) is 2.46. The standard InChI is InChI=1S/C15H21BrN6O3/c1-15(2,3)18-13(23)8-25-12-6-10(16)9(5-11(12)24-4)7-17-14-19-21-22-20-14/h5-6H,7-8H2,1-4H3,(H,18,23)(H2,17,19,20,21,22). The number of aromatic amines is 1. The van der Waals surface area contributed by atoms with Crippen LogP contribution in [0.1, 0.15) is 26.3 Å². The number of carbonyl (C=O) groups is 1.